The Morgan fingerprint density at radius 2 is 1.03 bits per heavy atom. The first-order valence-corrected chi connectivity index (χ1v) is 10.4. The molecule has 2 aromatic heterocycles. The van der Waals surface area contributed by atoms with Crippen LogP contribution in [0.1, 0.15) is 46.1 Å². The van der Waals surface area contributed by atoms with E-state index in [1.54, 1.807) is 36.4 Å². The summed E-state index contributed by atoms with van der Waals surface area (Å²) in [5.74, 6) is 1.71. The summed E-state index contributed by atoms with van der Waals surface area (Å²) in [4.78, 5) is 24.5. The van der Waals surface area contributed by atoms with E-state index < -0.39 is 0 Å². The maximum Gasteiger partial charge on any atom is 0.163 e. The number of carbonyl (C=O) groups excluding carboxylic acids is 2. The molecular formula is C25H18Cl2O4. The fourth-order valence-electron chi connectivity index (χ4n) is 3.37. The lowest BCUT2D eigenvalue weighted by molar-refractivity contribution is 0.100. The van der Waals surface area contributed by atoms with Gasteiger partial charge in [-0.25, -0.2) is 0 Å². The number of furan rings is 2. The van der Waals surface area contributed by atoms with E-state index in [0.717, 1.165) is 11.1 Å². The van der Waals surface area contributed by atoms with Crippen molar-refractivity contribution in [3.8, 4) is 22.6 Å². The zero-order valence-electron chi connectivity index (χ0n) is 16.9. The second-order valence-corrected chi connectivity index (χ2v) is 8.07. The SMILES string of the molecule is CC(=O)c1cc(-c2ccc(Cl)cc2)oc1Cc1oc(-c2ccc(Cl)cc2)cc1C(C)=O. The third-order valence-corrected chi connectivity index (χ3v) is 5.46. The molecule has 31 heavy (non-hydrogen) atoms. The molecule has 0 N–H and O–H groups in total. The molecule has 0 amide bonds. The number of ketones is 2. The van der Waals surface area contributed by atoms with Crippen LogP contribution in [-0.2, 0) is 6.42 Å². The van der Waals surface area contributed by atoms with Gasteiger partial charge in [0, 0.05) is 21.2 Å². The lowest BCUT2D eigenvalue weighted by Crippen LogP contribution is -2.00. The van der Waals surface area contributed by atoms with E-state index in [-0.39, 0.29) is 18.0 Å². The van der Waals surface area contributed by atoms with E-state index in [1.807, 2.05) is 24.3 Å². The maximum absolute atomic E-state index is 12.2. The summed E-state index contributed by atoms with van der Waals surface area (Å²) < 4.78 is 12.0. The first-order valence-electron chi connectivity index (χ1n) is 9.61. The molecule has 0 radical (unpaired) electrons. The van der Waals surface area contributed by atoms with Crippen molar-refractivity contribution in [1.29, 1.82) is 0 Å². The van der Waals surface area contributed by atoms with Gasteiger partial charge in [0.25, 0.3) is 0 Å². The fraction of sp³-hybridized carbons (Fsp3) is 0.120. The van der Waals surface area contributed by atoms with Crippen LogP contribution in [0.3, 0.4) is 0 Å². The maximum atomic E-state index is 12.2. The molecule has 0 aliphatic heterocycles. The summed E-state index contributed by atoms with van der Waals surface area (Å²) in [5, 5.41) is 1.22. The van der Waals surface area contributed by atoms with Crippen molar-refractivity contribution in [1.82, 2.24) is 0 Å². The topological polar surface area (TPSA) is 60.4 Å². The first-order chi connectivity index (χ1) is 14.8. The molecule has 0 saturated carbocycles. The van der Waals surface area contributed by atoms with Crippen LogP contribution in [0.25, 0.3) is 22.6 Å². The highest BCUT2D eigenvalue weighted by molar-refractivity contribution is 6.30. The molecule has 0 fully saturated rings. The van der Waals surface area contributed by atoms with Gasteiger partial charge in [-0.05, 0) is 74.5 Å². The van der Waals surface area contributed by atoms with Crippen LogP contribution in [0.4, 0.5) is 0 Å². The molecule has 0 aliphatic rings. The van der Waals surface area contributed by atoms with Crippen molar-refractivity contribution < 1.29 is 18.4 Å². The number of rotatable bonds is 6. The van der Waals surface area contributed by atoms with Crippen LogP contribution in [-0.4, -0.2) is 11.6 Å². The Morgan fingerprint density at radius 1 is 0.677 bits per heavy atom. The summed E-state index contributed by atoms with van der Waals surface area (Å²) in [7, 11) is 0. The molecule has 2 aromatic carbocycles. The Bertz CT molecular complexity index is 1160. The summed E-state index contributed by atoms with van der Waals surface area (Å²) >= 11 is 11.9. The second kappa shape index (κ2) is 8.58. The molecule has 0 aliphatic carbocycles. The van der Waals surface area contributed by atoms with Gasteiger partial charge < -0.3 is 8.83 Å². The largest absolute Gasteiger partial charge is 0.460 e. The van der Waals surface area contributed by atoms with Gasteiger partial charge in [-0.2, -0.15) is 0 Å². The second-order valence-electron chi connectivity index (χ2n) is 7.20. The summed E-state index contributed by atoms with van der Waals surface area (Å²) in [6.07, 6.45) is 0.172. The van der Waals surface area contributed by atoms with Crippen molar-refractivity contribution in [2.24, 2.45) is 0 Å². The highest BCUT2D eigenvalue weighted by atomic mass is 35.5. The molecular weight excluding hydrogens is 435 g/mol. The molecule has 4 nitrogen and oxygen atoms in total. The number of benzene rings is 2. The van der Waals surface area contributed by atoms with Crippen LogP contribution in [0.5, 0.6) is 0 Å². The number of Topliss-reactive ketones (excluding diaryl/α,β-unsaturated/α-hetero) is 2. The van der Waals surface area contributed by atoms with Gasteiger partial charge in [0.2, 0.25) is 0 Å². The zero-order valence-corrected chi connectivity index (χ0v) is 18.4. The highest BCUT2D eigenvalue weighted by Crippen LogP contribution is 2.32. The molecule has 6 heteroatoms. The quantitative estimate of drug-likeness (QED) is 0.284. The Hall–Kier alpha value is -3.08. The Balaban J connectivity index is 1.74. The summed E-state index contributed by atoms with van der Waals surface area (Å²) in [6.45, 7) is 2.96. The third kappa shape index (κ3) is 4.50. The first kappa shape index (κ1) is 21.2. The Kier molecular flexibility index (Phi) is 5.86. The molecule has 156 valence electrons. The van der Waals surface area contributed by atoms with E-state index in [9.17, 15) is 9.59 Å². The molecule has 0 atom stereocenters. The Morgan fingerprint density at radius 3 is 1.35 bits per heavy atom. The van der Waals surface area contributed by atoms with Gasteiger partial charge in [0.1, 0.15) is 23.0 Å². The molecule has 0 saturated heterocycles. The third-order valence-electron chi connectivity index (χ3n) is 4.96. The lowest BCUT2D eigenvalue weighted by Gasteiger charge is -2.01. The lowest BCUT2D eigenvalue weighted by atomic mass is 10.0. The predicted octanol–water partition coefficient (Wildman–Crippen LogP) is 7.51. The van der Waals surface area contributed by atoms with Crippen LogP contribution < -0.4 is 0 Å². The number of hydrogen-bond acceptors (Lipinski definition) is 4. The van der Waals surface area contributed by atoms with Crippen molar-refractivity contribution in [2.75, 3.05) is 0 Å². The number of hydrogen-bond donors (Lipinski definition) is 0. The van der Waals surface area contributed by atoms with E-state index >= 15 is 0 Å². The molecule has 4 rings (SSSR count). The van der Waals surface area contributed by atoms with Gasteiger partial charge in [-0.3, -0.25) is 9.59 Å². The highest BCUT2D eigenvalue weighted by Gasteiger charge is 2.22. The summed E-state index contributed by atoms with van der Waals surface area (Å²) in [5.41, 5.74) is 2.49. The van der Waals surface area contributed by atoms with Crippen molar-refractivity contribution in [2.45, 2.75) is 20.3 Å². The van der Waals surface area contributed by atoms with Crippen LogP contribution in [0, 0.1) is 0 Å². The summed E-state index contributed by atoms with van der Waals surface area (Å²) in [6, 6.07) is 17.7. The van der Waals surface area contributed by atoms with Gasteiger partial charge in [0.15, 0.2) is 11.6 Å². The van der Waals surface area contributed by atoms with Gasteiger partial charge in [-0.1, -0.05) is 23.2 Å². The van der Waals surface area contributed by atoms with Gasteiger partial charge >= 0.3 is 0 Å². The predicted molar refractivity (Wildman–Crippen MR) is 121 cm³/mol. The Labute approximate surface area is 189 Å². The number of carbonyl (C=O) groups is 2. The normalized spacial score (nSPS) is 11.0. The molecule has 0 spiro atoms. The van der Waals surface area contributed by atoms with Crippen molar-refractivity contribution in [3.63, 3.8) is 0 Å². The fourth-order valence-corrected chi connectivity index (χ4v) is 3.63. The van der Waals surface area contributed by atoms with E-state index in [2.05, 4.69) is 0 Å². The van der Waals surface area contributed by atoms with E-state index in [1.165, 1.54) is 13.8 Å². The van der Waals surface area contributed by atoms with Gasteiger partial charge in [-0.15, -0.1) is 0 Å². The molecule has 0 unspecified atom stereocenters. The average Bonchev–Trinajstić information content (AvgIpc) is 3.34. The minimum atomic E-state index is -0.132. The van der Waals surface area contributed by atoms with Crippen molar-refractivity contribution in [3.05, 3.63) is 93.4 Å². The van der Waals surface area contributed by atoms with Crippen molar-refractivity contribution >= 4 is 34.8 Å². The minimum Gasteiger partial charge on any atom is -0.460 e. The van der Waals surface area contributed by atoms with Gasteiger partial charge in [0.05, 0.1) is 17.5 Å². The smallest absolute Gasteiger partial charge is 0.163 e. The molecule has 4 aromatic rings. The monoisotopic (exact) mass is 452 g/mol. The standard InChI is InChI=1S/C25H18Cl2O4/c1-14(28)20-11-22(16-3-7-18(26)8-4-16)30-24(20)13-25-21(15(2)29)12-23(31-25)17-5-9-19(27)10-6-17/h3-12H,13H2,1-2H3. The van der Waals surface area contributed by atoms with E-state index in [4.69, 9.17) is 32.0 Å². The van der Waals surface area contributed by atoms with Crippen LogP contribution in [0.2, 0.25) is 10.0 Å². The molecule has 2 heterocycles. The van der Waals surface area contributed by atoms with Crippen LogP contribution in [0.15, 0.2) is 69.5 Å². The zero-order chi connectivity index (χ0) is 22.1. The van der Waals surface area contributed by atoms with E-state index in [0.29, 0.717) is 44.2 Å². The average molecular weight is 453 g/mol. The number of halogens is 2. The van der Waals surface area contributed by atoms with Crippen LogP contribution >= 0.6 is 23.2 Å². The molecule has 0 bridgehead atoms. The minimum absolute atomic E-state index is 0.132.